The third-order valence-electron chi connectivity index (χ3n) is 2.59. The molecule has 1 N–H and O–H groups in total. The molecule has 0 spiro atoms. The molecule has 0 atom stereocenters. The largest absolute Gasteiger partial charge is 0.481 e. The molecule has 1 heterocycles. The van der Waals surface area contributed by atoms with Gasteiger partial charge in [0, 0.05) is 11.6 Å². The van der Waals surface area contributed by atoms with E-state index in [0.29, 0.717) is 11.6 Å². The molecule has 0 saturated carbocycles. The average molecular weight is 264 g/mol. The van der Waals surface area contributed by atoms with Gasteiger partial charge in [0.1, 0.15) is 5.69 Å². The molecule has 4 heteroatoms. The van der Waals surface area contributed by atoms with Gasteiger partial charge >= 0.3 is 0 Å². The number of aromatic nitrogens is 1. The van der Waals surface area contributed by atoms with Crippen molar-refractivity contribution in [1.82, 2.24) is 10.3 Å². The number of carbonyl (C=O) groups is 1. The van der Waals surface area contributed by atoms with Crippen molar-refractivity contribution < 1.29 is 9.53 Å². The van der Waals surface area contributed by atoms with Crippen molar-refractivity contribution in [2.75, 3.05) is 7.11 Å². The zero-order chi connectivity index (χ0) is 14.7. The van der Waals surface area contributed by atoms with Crippen LogP contribution in [0, 0.1) is 5.41 Å². The second kappa shape index (κ2) is 5.59. The van der Waals surface area contributed by atoms with Crippen LogP contribution in [0.2, 0.25) is 0 Å². The minimum Gasteiger partial charge on any atom is -0.481 e. The number of methoxy groups -OCH3 is 1. The molecule has 0 aliphatic rings. The summed E-state index contributed by atoms with van der Waals surface area (Å²) in [7, 11) is 1.54. The van der Waals surface area contributed by atoms with Gasteiger partial charge in [-0.05, 0) is 31.7 Å². The fourth-order valence-corrected chi connectivity index (χ4v) is 2.40. The van der Waals surface area contributed by atoms with E-state index < -0.39 is 0 Å². The van der Waals surface area contributed by atoms with Gasteiger partial charge in [-0.25, -0.2) is 4.98 Å². The van der Waals surface area contributed by atoms with E-state index in [1.54, 1.807) is 18.2 Å². The minimum absolute atomic E-state index is 0.151. The van der Waals surface area contributed by atoms with Crippen molar-refractivity contribution in [2.24, 2.45) is 5.41 Å². The van der Waals surface area contributed by atoms with Crippen molar-refractivity contribution in [1.29, 1.82) is 0 Å². The Kier molecular flexibility index (Phi) is 4.56. The van der Waals surface area contributed by atoms with Gasteiger partial charge in [0.15, 0.2) is 0 Å². The molecule has 106 valence electrons. The number of carbonyl (C=O) groups excluding carboxylic acids is 1. The number of amides is 1. The van der Waals surface area contributed by atoms with Crippen LogP contribution in [0.1, 0.15) is 51.5 Å². The van der Waals surface area contributed by atoms with Crippen LogP contribution >= 0.6 is 0 Å². The summed E-state index contributed by atoms with van der Waals surface area (Å²) in [6.07, 6.45) is 0.885. The molecule has 1 aromatic rings. The second-order valence-corrected chi connectivity index (χ2v) is 6.64. The van der Waals surface area contributed by atoms with Crippen molar-refractivity contribution in [3.63, 3.8) is 0 Å². The molecule has 0 aliphatic heterocycles. The molecule has 0 radical (unpaired) electrons. The molecule has 0 aromatic carbocycles. The van der Waals surface area contributed by atoms with Crippen LogP contribution in [0.4, 0.5) is 0 Å². The number of hydrogen-bond acceptors (Lipinski definition) is 3. The van der Waals surface area contributed by atoms with Crippen LogP contribution in [0.3, 0.4) is 0 Å². The molecule has 0 saturated heterocycles. The zero-order valence-electron chi connectivity index (χ0n) is 12.7. The molecule has 0 bridgehead atoms. The highest BCUT2D eigenvalue weighted by atomic mass is 16.5. The number of rotatable bonds is 4. The summed E-state index contributed by atoms with van der Waals surface area (Å²) < 4.78 is 5.02. The van der Waals surface area contributed by atoms with Gasteiger partial charge in [-0.2, -0.15) is 0 Å². The van der Waals surface area contributed by atoms with E-state index in [1.807, 2.05) is 13.8 Å². The van der Waals surface area contributed by atoms with E-state index >= 15 is 0 Å². The summed E-state index contributed by atoms with van der Waals surface area (Å²) in [5.41, 5.74) is 0.250. The van der Waals surface area contributed by atoms with Gasteiger partial charge in [0.05, 0.1) is 7.11 Å². The van der Waals surface area contributed by atoms with Gasteiger partial charge in [0.2, 0.25) is 5.88 Å². The van der Waals surface area contributed by atoms with E-state index in [0.717, 1.165) is 6.42 Å². The molecule has 0 unspecified atom stereocenters. The lowest BCUT2D eigenvalue weighted by Crippen LogP contribution is -2.46. The normalized spacial score (nSPS) is 12.1. The third kappa shape index (κ3) is 5.28. The first-order valence-corrected chi connectivity index (χ1v) is 6.46. The van der Waals surface area contributed by atoms with Gasteiger partial charge in [-0.15, -0.1) is 0 Å². The first-order valence-electron chi connectivity index (χ1n) is 6.46. The Hall–Kier alpha value is -1.58. The Bertz CT molecular complexity index is 448. The third-order valence-corrected chi connectivity index (χ3v) is 2.59. The van der Waals surface area contributed by atoms with Crippen LogP contribution in [-0.2, 0) is 0 Å². The lowest BCUT2D eigenvalue weighted by Gasteiger charge is -2.33. The number of ether oxygens (including phenoxy) is 1. The maximum atomic E-state index is 12.2. The Balaban J connectivity index is 2.78. The summed E-state index contributed by atoms with van der Waals surface area (Å²) in [4.78, 5) is 16.3. The van der Waals surface area contributed by atoms with Crippen LogP contribution in [0.5, 0.6) is 5.88 Å². The Labute approximate surface area is 115 Å². The highest BCUT2D eigenvalue weighted by molar-refractivity contribution is 5.92. The molecular formula is C15H24N2O2. The molecule has 1 amide bonds. The zero-order valence-corrected chi connectivity index (χ0v) is 12.7. The number of pyridine rings is 1. The maximum Gasteiger partial charge on any atom is 0.270 e. The Morgan fingerprint density at radius 2 is 1.89 bits per heavy atom. The maximum absolute atomic E-state index is 12.2. The second-order valence-electron chi connectivity index (χ2n) is 6.64. The quantitative estimate of drug-likeness (QED) is 0.909. The summed E-state index contributed by atoms with van der Waals surface area (Å²) in [6.45, 7) is 10.5. The molecule has 19 heavy (non-hydrogen) atoms. The average Bonchev–Trinajstić information content (AvgIpc) is 2.25. The summed E-state index contributed by atoms with van der Waals surface area (Å²) in [5.74, 6) is 0.273. The first-order chi connectivity index (χ1) is 8.63. The number of hydrogen-bond donors (Lipinski definition) is 1. The van der Waals surface area contributed by atoms with E-state index in [1.165, 1.54) is 7.11 Å². The lowest BCUT2D eigenvalue weighted by atomic mass is 9.82. The van der Waals surface area contributed by atoms with Crippen molar-refractivity contribution in [3.8, 4) is 5.88 Å². The van der Waals surface area contributed by atoms with Crippen LogP contribution in [0.25, 0.3) is 0 Å². The van der Waals surface area contributed by atoms with E-state index in [9.17, 15) is 4.79 Å². The molecule has 0 aliphatic carbocycles. The topological polar surface area (TPSA) is 51.2 Å². The predicted octanol–water partition coefficient (Wildman–Crippen LogP) is 3.03. The monoisotopic (exact) mass is 264 g/mol. The fraction of sp³-hybridized carbons (Fsp3) is 0.600. The predicted molar refractivity (Wildman–Crippen MR) is 76.4 cm³/mol. The minimum atomic E-state index is -0.278. The fourth-order valence-electron chi connectivity index (χ4n) is 2.40. The first kappa shape index (κ1) is 15.5. The molecular weight excluding hydrogens is 240 g/mol. The summed E-state index contributed by atoms with van der Waals surface area (Å²) in [6, 6.07) is 5.17. The summed E-state index contributed by atoms with van der Waals surface area (Å²) in [5, 5.41) is 3.02. The molecule has 4 nitrogen and oxygen atoms in total. The van der Waals surface area contributed by atoms with Crippen molar-refractivity contribution in [2.45, 2.75) is 46.6 Å². The van der Waals surface area contributed by atoms with Gasteiger partial charge < -0.3 is 10.1 Å². The van der Waals surface area contributed by atoms with E-state index in [-0.39, 0.29) is 16.9 Å². The molecule has 1 rings (SSSR count). The Morgan fingerprint density at radius 1 is 1.26 bits per heavy atom. The highest BCUT2D eigenvalue weighted by Gasteiger charge is 2.27. The summed E-state index contributed by atoms with van der Waals surface area (Å²) >= 11 is 0. The highest BCUT2D eigenvalue weighted by Crippen LogP contribution is 2.27. The Morgan fingerprint density at radius 3 is 2.42 bits per heavy atom. The van der Waals surface area contributed by atoms with Crippen LogP contribution in [-0.4, -0.2) is 23.5 Å². The number of nitrogens with one attached hydrogen (secondary N) is 1. The molecule has 0 fully saturated rings. The van der Waals surface area contributed by atoms with Gasteiger partial charge in [-0.3, -0.25) is 4.79 Å². The standard InChI is InChI=1S/C15H24N2O2/c1-14(2,3)10-15(4,5)17-13(18)11-8-7-9-12(16-11)19-6/h7-9H,10H2,1-6H3,(H,17,18). The molecule has 1 aromatic heterocycles. The number of nitrogens with zero attached hydrogens (tertiary/aromatic N) is 1. The SMILES string of the molecule is COc1cccc(C(=O)NC(C)(C)CC(C)(C)C)n1. The van der Waals surface area contributed by atoms with Gasteiger partial charge in [-0.1, -0.05) is 26.8 Å². The van der Waals surface area contributed by atoms with Crippen LogP contribution < -0.4 is 10.1 Å². The van der Waals surface area contributed by atoms with E-state index in [4.69, 9.17) is 4.74 Å². The van der Waals surface area contributed by atoms with E-state index in [2.05, 4.69) is 31.1 Å². The van der Waals surface area contributed by atoms with Gasteiger partial charge in [0.25, 0.3) is 5.91 Å². The lowest BCUT2D eigenvalue weighted by molar-refractivity contribution is 0.0885. The smallest absolute Gasteiger partial charge is 0.270 e. The van der Waals surface area contributed by atoms with Crippen molar-refractivity contribution in [3.05, 3.63) is 23.9 Å². The van der Waals surface area contributed by atoms with Crippen LogP contribution in [0.15, 0.2) is 18.2 Å². The van der Waals surface area contributed by atoms with Crippen molar-refractivity contribution >= 4 is 5.91 Å².